The third kappa shape index (κ3) is 3.59. The predicted molar refractivity (Wildman–Crippen MR) is 89.0 cm³/mol. The molecule has 1 aromatic heterocycles. The van der Waals surface area contributed by atoms with Gasteiger partial charge in [-0.3, -0.25) is 14.6 Å². The molecular formula is C18H25N3O3. The van der Waals surface area contributed by atoms with E-state index in [9.17, 15) is 9.59 Å². The molecule has 0 radical (unpaired) electrons. The highest BCUT2D eigenvalue weighted by Gasteiger charge is 2.46. The smallest absolute Gasteiger partial charge is 0.231 e. The number of hydrogen-bond acceptors (Lipinski definition) is 4. The van der Waals surface area contributed by atoms with Crippen molar-refractivity contribution in [2.45, 2.75) is 44.7 Å². The van der Waals surface area contributed by atoms with E-state index in [4.69, 9.17) is 4.74 Å². The summed E-state index contributed by atoms with van der Waals surface area (Å²) in [5.41, 5.74) is 0.613. The van der Waals surface area contributed by atoms with Crippen molar-refractivity contribution >= 4 is 11.8 Å². The van der Waals surface area contributed by atoms with Gasteiger partial charge >= 0.3 is 0 Å². The van der Waals surface area contributed by atoms with E-state index in [-0.39, 0.29) is 23.3 Å². The van der Waals surface area contributed by atoms with Crippen molar-refractivity contribution in [3.8, 4) is 0 Å². The number of rotatable bonds is 7. The lowest BCUT2D eigenvalue weighted by atomic mass is 9.68. The summed E-state index contributed by atoms with van der Waals surface area (Å²) in [6.07, 6.45) is 7.66. The average molecular weight is 331 g/mol. The van der Waals surface area contributed by atoms with Crippen LogP contribution in [0.2, 0.25) is 0 Å². The van der Waals surface area contributed by atoms with Gasteiger partial charge in [-0.25, -0.2) is 0 Å². The Kier molecular flexibility index (Phi) is 5.14. The Morgan fingerprint density at radius 1 is 1.50 bits per heavy atom. The third-order valence-corrected chi connectivity index (χ3v) is 5.09. The summed E-state index contributed by atoms with van der Waals surface area (Å²) in [6, 6.07) is 3.89. The summed E-state index contributed by atoms with van der Waals surface area (Å²) in [5.74, 6) is 0.213. The van der Waals surface area contributed by atoms with Gasteiger partial charge in [-0.05, 0) is 30.9 Å². The molecule has 24 heavy (non-hydrogen) atoms. The summed E-state index contributed by atoms with van der Waals surface area (Å²) < 4.78 is 5.33. The van der Waals surface area contributed by atoms with Crippen LogP contribution >= 0.6 is 0 Å². The molecule has 0 unspecified atom stereocenters. The van der Waals surface area contributed by atoms with Gasteiger partial charge in [0.25, 0.3) is 0 Å². The fraction of sp³-hybridized carbons (Fsp3) is 0.611. The Hall–Kier alpha value is -1.95. The molecule has 0 aromatic carbocycles. The molecule has 2 fully saturated rings. The third-order valence-electron chi connectivity index (χ3n) is 5.09. The molecule has 1 saturated carbocycles. The van der Waals surface area contributed by atoms with Crippen LogP contribution in [0.1, 0.15) is 37.7 Å². The van der Waals surface area contributed by atoms with E-state index in [1.165, 1.54) is 0 Å². The molecular weight excluding hydrogens is 306 g/mol. The lowest BCUT2D eigenvalue weighted by molar-refractivity contribution is -0.153. The Morgan fingerprint density at radius 2 is 2.33 bits per heavy atom. The SMILES string of the molecule is COCC1(C(=O)N(Cc2cccnc2)C[C@@H]2CCC(=O)N2)CCC1. The topological polar surface area (TPSA) is 71.5 Å². The normalized spacial score (nSPS) is 21.9. The number of ether oxygens (including phenoxy) is 1. The molecule has 6 heteroatoms. The van der Waals surface area contributed by atoms with Crippen LogP contribution in [0.5, 0.6) is 0 Å². The second-order valence-corrected chi connectivity index (χ2v) is 6.92. The van der Waals surface area contributed by atoms with E-state index in [1.807, 2.05) is 17.0 Å². The quantitative estimate of drug-likeness (QED) is 0.822. The van der Waals surface area contributed by atoms with E-state index < -0.39 is 0 Å². The summed E-state index contributed by atoms with van der Waals surface area (Å²) in [5, 5.41) is 2.96. The van der Waals surface area contributed by atoms with Crippen molar-refractivity contribution in [2.75, 3.05) is 20.3 Å². The van der Waals surface area contributed by atoms with Gasteiger partial charge in [-0.1, -0.05) is 12.5 Å². The lowest BCUT2D eigenvalue weighted by Gasteiger charge is -2.43. The molecule has 6 nitrogen and oxygen atoms in total. The summed E-state index contributed by atoms with van der Waals surface area (Å²) in [4.78, 5) is 30.7. The number of amides is 2. The maximum atomic E-state index is 13.2. The molecule has 1 aliphatic carbocycles. The van der Waals surface area contributed by atoms with E-state index in [1.54, 1.807) is 19.5 Å². The molecule has 1 aromatic rings. The zero-order valence-corrected chi connectivity index (χ0v) is 14.2. The van der Waals surface area contributed by atoms with Crippen LogP contribution < -0.4 is 5.32 Å². The van der Waals surface area contributed by atoms with Crippen LogP contribution in [0.4, 0.5) is 0 Å². The van der Waals surface area contributed by atoms with Crippen molar-refractivity contribution in [3.63, 3.8) is 0 Å². The minimum absolute atomic E-state index is 0.0396. The highest BCUT2D eigenvalue weighted by atomic mass is 16.5. The van der Waals surface area contributed by atoms with Gasteiger partial charge in [0.15, 0.2) is 0 Å². The maximum Gasteiger partial charge on any atom is 0.231 e. The number of methoxy groups -OCH3 is 1. The number of pyridine rings is 1. The summed E-state index contributed by atoms with van der Waals surface area (Å²) in [7, 11) is 1.65. The Balaban J connectivity index is 1.75. The predicted octanol–water partition coefficient (Wildman–Crippen LogP) is 1.51. The Labute approximate surface area is 142 Å². The minimum atomic E-state index is -0.389. The van der Waals surface area contributed by atoms with Crippen molar-refractivity contribution in [1.82, 2.24) is 15.2 Å². The molecule has 1 N–H and O–H groups in total. The van der Waals surface area contributed by atoms with Crippen LogP contribution in [-0.4, -0.2) is 48.0 Å². The average Bonchev–Trinajstić information content (AvgIpc) is 2.96. The first-order chi connectivity index (χ1) is 11.6. The van der Waals surface area contributed by atoms with E-state index in [0.717, 1.165) is 31.2 Å². The zero-order chi connectivity index (χ0) is 17.0. The summed E-state index contributed by atoms with van der Waals surface area (Å²) in [6.45, 7) is 1.53. The molecule has 0 spiro atoms. The van der Waals surface area contributed by atoms with Crippen LogP contribution in [0, 0.1) is 5.41 Å². The molecule has 1 aliphatic heterocycles. The monoisotopic (exact) mass is 331 g/mol. The maximum absolute atomic E-state index is 13.2. The lowest BCUT2D eigenvalue weighted by Crippen LogP contribution is -2.52. The molecule has 3 rings (SSSR count). The molecule has 2 heterocycles. The van der Waals surface area contributed by atoms with Crippen molar-refractivity contribution in [1.29, 1.82) is 0 Å². The fourth-order valence-electron chi connectivity index (χ4n) is 3.65. The number of carbonyl (C=O) groups excluding carboxylic acids is 2. The van der Waals surface area contributed by atoms with Gasteiger partial charge in [-0.15, -0.1) is 0 Å². The number of nitrogens with one attached hydrogen (secondary N) is 1. The molecule has 130 valence electrons. The number of nitrogens with zero attached hydrogens (tertiary/aromatic N) is 2. The van der Waals surface area contributed by atoms with E-state index in [2.05, 4.69) is 10.3 Å². The van der Waals surface area contributed by atoms with Crippen LogP contribution in [0.25, 0.3) is 0 Å². The first-order valence-corrected chi connectivity index (χ1v) is 8.59. The van der Waals surface area contributed by atoms with Gasteiger partial charge < -0.3 is 15.0 Å². The van der Waals surface area contributed by atoms with E-state index >= 15 is 0 Å². The second-order valence-electron chi connectivity index (χ2n) is 6.92. The van der Waals surface area contributed by atoms with E-state index in [0.29, 0.717) is 26.1 Å². The number of carbonyl (C=O) groups is 2. The molecule has 0 bridgehead atoms. The first kappa shape index (κ1) is 16.9. The first-order valence-electron chi connectivity index (χ1n) is 8.59. The molecule has 2 aliphatic rings. The molecule has 2 amide bonds. The highest BCUT2D eigenvalue weighted by molar-refractivity contribution is 5.84. The van der Waals surface area contributed by atoms with Crippen molar-refractivity contribution in [2.24, 2.45) is 5.41 Å². The Morgan fingerprint density at radius 3 is 2.88 bits per heavy atom. The fourth-order valence-corrected chi connectivity index (χ4v) is 3.65. The summed E-state index contributed by atoms with van der Waals surface area (Å²) >= 11 is 0. The zero-order valence-electron chi connectivity index (χ0n) is 14.2. The minimum Gasteiger partial charge on any atom is -0.384 e. The Bertz CT molecular complexity index is 586. The standard InChI is InChI=1S/C18H25N3O3/c1-24-13-18(7-3-8-18)17(23)21(11-14-4-2-9-19-10-14)12-15-5-6-16(22)20-15/h2,4,9-10,15H,3,5-8,11-13H2,1H3,(H,20,22)/t15-/m0/s1. The van der Waals surface area contributed by atoms with Gasteiger partial charge in [0.05, 0.1) is 12.0 Å². The van der Waals surface area contributed by atoms with Gasteiger partial charge in [0.2, 0.25) is 11.8 Å². The van der Waals surface area contributed by atoms with Crippen LogP contribution in [-0.2, 0) is 20.9 Å². The number of aromatic nitrogens is 1. The van der Waals surface area contributed by atoms with Gasteiger partial charge in [0.1, 0.15) is 0 Å². The number of hydrogen-bond donors (Lipinski definition) is 1. The van der Waals surface area contributed by atoms with Crippen LogP contribution in [0.15, 0.2) is 24.5 Å². The second kappa shape index (κ2) is 7.30. The van der Waals surface area contributed by atoms with Crippen molar-refractivity contribution in [3.05, 3.63) is 30.1 Å². The molecule has 1 atom stereocenters. The largest absolute Gasteiger partial charge is 0.384 e. The molecule has 1 saturated heterocycles. The highest BCUT2D eigenvalue weighted by Crippen LogP contribution is 2.43. The van der Waals surface area contributed by atoms with Crippen molar-refractivity contribution < 1.29 is 14.3 Å². The van der Waals surface area contributed by atoms with Gasteiger partial charge in [-0.2, -0.15) is 0 Å². The van der Waals surface area contributed by atoms with Gasteiger partial charge in [0, 0.05) is 45.1 Å². The van der Waals surface area contributed by atoms with Crippen LogP contribution in [0.3, 0.4) is 0 Å².